The minimum absolute atomic E-state index is 0.0824. The molecule has 0 aliphatic rings. The van der Waals surface area contributed by atoms with Gasteiger partial charge in [0.25, 0.3) is 10.0 Å². The molecule has 0 unspecified atom stereocenters. The van der Waals surface area contributed by atoms with Crippen molar-refractivity contribution in [1.29, 1.82) is 0 Å². The van der Waals surface area contributed by atoms with E-state index in [1.807, 2.05) is 6.92 Å². The number of benzene rings is 1. The van der Waals surface area contributed by atoms with Crippen LogP contribution in [0.25, 0.3) is 0 Å². The summed E-state index contributed by atoms with van der Waals surface area (Å²) in [7, 11) is -3.71. The number of rotatable bonds is 4. The zero-order chi connectivity index (χ0) is 13.9. The molecular weight excluding hydrogens is 264 g/mol. The third-order valence-electron chi connectivity index (χ3n) is 2.46. The highest BCUT2D eigenvalue weighted by atomic mass is 32.2. The van der Waals surface area contributed by atoms with Gasteiger partial charge in [-0.1, -0.05) is 12.1 Å². The van der Waals surface area contributed by atoms with E-state index in [2.05, 4.69) is 15.1 Å². The lowest BCUT2D eigenvalue weighted by Crippen LogP contribution is -2.17. The molecule has 0 saturated carbocycles. The second kappa shape index (κ2) is 5.25. The lowest BCUT2D eigenvalue weighted by Gasteiger charge is -2.11. The van der Waals surface area contributed by atoms with E-state index < -0.39 is 10.0 Å². The van der Waals surface area contributed by atoms with Gasteiger partial charge in [-0.2, -0.15) is 0 Å². The van der Waals surface area contributed by atoms with Gasteiger partial charge in [0.1, 0.15) is 4.90 Å². The highest BCUT2D eigenvalue weighted by molar-refractivity contribution is 7.92. The Morgan fingerprint density at radius 1 is 1.21 bits per heavy atom. The first-order valence-corrected chi connectivity index (χ1v) is 7.01. The van der Waals surface area contributed by atoms with Gasteiger partial charge >= 0.3 is 0 Å². The normalized spacial score (nSPS) is 11.1. The number of nitrogens with zero attached hydrogens (tertiary/aromatic N) is 1. The summed E-state index contributed by atoms with van der Waals surface area (Å²) >= 11 is 0. The summed E-state index contributed by atoms with van der Waals surface area (Å²) in [6, 6.07) is 8.08. The van der Waals surface area contributed by atoms with Gasteiger partial charge in [-0.25, -0.2) is 8.42 Å². The van der Waals surface area contributed by atoms with Crippen LogP contribution in [0.5, 0.6) is 0 Å². The minimum atomic E-state index is -3.71. The molecule has 0 atom stereocenters. The fourth-order valence-electron chi connectivity index (χ4n) is 1.64. The van der Waals surface area contributed by atoms with Crippen LogP contribution >= 0.6 is 0 Å². The topological polar surface area (TPSA) is 97.1 Å². The molecule has 19 heavy (non-hydrogen) atoms. The van der Waals surface area contributed by atoms with Crippen LogP contribution in [0.4, 0.5) is 11.4 Å². The molecule has 1 aromatic heterocycles. The Labute approximate surface area is 111 Å². The monoisotopic (exact) mass is 278 g/mol. The first-order valence-electron chi connectivity index (χ1n) is 5.53. The summed E-state index contributed by atoms with van der Waals surface area (Å²) in [6.07, 6.45) is 3.09. The van der Waals surface area contributed by atoms with Crippen LogP contribution in [0.1, 0.15) is 5.56 Å². The molecular formula is C12H14N4O2S. The van der Waals surface area contributed by atoms with Crippen LogP contribution in [0.2, 0.25) is 0 Å². The van der Waals surface area contributed by atoms with Gasteiger partial charge < -0.3 is 5.43 Å². The highest BCUT2D eigenvalue weighted by Gasteiger charge is 2.18. The molecule has 6 nitrogen and oxygen atoms in total. The van der Waals surface area contributed by atoms with Crippen LogP contribution in [0.3, 0.4) is 0 Å². The largest absolute Gasteiger partial charge is 0.323 e. The van der Waals surface area contributed by atoms with Crippen molar-refractivity contribution in [3.63, 3.8) is 0 Å². The van der Waals surface area contributed by atoms with E-state index in [-0.39, 0.29) is 4.90 Å². The number of sulfonamides is 1. The molecule has 0 fully saturated rings. The first-order chi connectivity index (χ1) is 9.03. The Hall–Kier alpha value is -2.12. The second-order valence-electron chi connectivity index (χ2n) is 4.00. The van der Waals surface area contributed by atoms with Crippen molar-refractivity contribution >= 4 is 21.4 Å². The van der Waals surface area contributed by atoms with Gasteiger partial charge in [0, 0.05) is 6.20 Å². The van der Waals surface area contributed by atoms with Crippen molar-refractivity contribution in [2.75, 3.05) is 10.1 Å². The summed E-state index contributed by atoms with van der Waals surface area (Å²) in [4.78, 5) is 4.02. The lowest BCUT2D eigenvalue weighted by atomic mass is 10.3. The van der Waals surface area contributed by atoms with E-state index in [4.69, 9.17) is 5.84 Å². The predicted octanol–water partition coefficient (Wildman–Crippen LogP) is 1.48. The summed E-state index contributed by atoms with van der Waals surface area (Å²) in [5.41, 5.74) is 3.97. The number of aromatic nitrogens is 1. The molecule has 2 aromatic rings. The zero-order valence-electron chi connectivity index (χ0n) is 10.3. The maximum absolute atomic E-state index is 12.3. The van der Waals surface area contributed by atoms with E-state index in [0.29, 0.717) is 11.4 Å². The molecule has 0 spiro atoms. The van der Waals surface area contributed by atoms with E-state index in [9.17, 15) is 8.42 Å². The van der Waals surface area contributed by atoms with Crippen LogP contribution in [0.15, 0.2) is 47.6 Å². The summed E-state index contributed by atoms with van der Waals surface area (Å²) in [6.45, 7) is 1.83. The molecule has 4 N–H and O–H groups in total. The van der Waals surface area contributed by atoms with Crippen LogP contribution < -0.4 is 16.0 Å². The molecule has 1 heterocycles. The van der Waals surface area contributed by atoms with Gasteiger partial charge in [-0.3, -0.25) is 15.5 Å². The quantitative estimate of drug-likeness (QED) is 0.581. The second-order valence-corrected chi connectivity index (χ2v) is 5.65. The van der Waals surface area contributed by atoms with Gasteiger partial charge in [-0.15, -0.1) is 0 Å². The molecule has 0 aliphatic carbocycles. The molecule has 2 rings (SSSR count). The van der Waals surface area contributed by atoms with Crippen molar-refractivity contribution in [2.24, 2.45) is 5.84 Å². The van der Waals surface area contributed by atoms with Gasteiger partial charge in [0.15, 0.2) is 0 Å². The number of hydrazine groups is 1. The van der Waals surface area contributed by atoms with Crippen LogP contribution in [-0.2, 0) is 10.0 Å². The number of pyridine rings is 1. The minimum Gasteiger partial charge on any atom is -0.323 e. The predicted molar refractivity (Wildman–Crippen MR) is 74.0 cm³/mol. The lowest BCUT2D eigenvalue weighted by molar-refractivity contribution is 0.601. The maximum Gasteiger partial charge on any atom is 0.264 e. The highest BCUT2D eigenvalue weighted by Crippen LogP contribution is 2.22. The average molecular weight is 278 g/mol. The number of hydrogen-bond donors (Lipinski definition) is 3. The average Bonchev–Trinajstić information content (AvgIpc) is 2.38. The molecule has 7 heteroatoms. The number of aryl methyl sites for hydroxylation is 1. The smallest absolute Gasteiger partial charge is 0.264 e. The van der Waals surface area contributed by atoms with Crippen molar-refractivity contribution in [1.82, 2.24) is 4.98 Å². The molecule has 0 saturated heterocycles. The molecule has 1 aromatic carbocycles. The summed E-state index contributed by atoms with van der Waals surface area (Å²) in [5.74, 6) is 5.31. The summed E-state index contributed by atoms with van der Waals surface area (Å²) in [5, 5.41) is 0. The van der Waals surface area contributed by atoms with Crippen LogP contribution in [0, 0.1) is 6.92 Å². The van der Waals surface area contributed by atoms with E-state index >= 15 is 0 Å². The van der Waals surface area contributed by atoms with Gasteiger partial charge in [-0.05, 0) is 30.7 Å². The van der Waals surface area contributed by atoms with Crippen molar-refractivity contribution in [2.45, 2.75) is 11.8 Å². The third-order valence-corrected chi connectivity index (χ3v) is 3.90. The Kier molecular flexibility index (Phi) is 3.68. The Morgan fingerprint density at radius 2 is 1.95 bits per heavy atom. The van der Waals surface area contributed by atoms with E-state index in [1.54, 1.807) is 30.5 Å². The number of anilines is 2. The Bertz CT molecular complexity index is 686. The van der Waals surface area contributed by atoms with E-state index in [0.717, 1.165) is 5.56 Å². The fourth-order valence-corrected chi connectivity index (χ4v) is 2.85. The van der Waals surface area contributed by atoms with Crippen LogP contribution in [-0.4, -0.2) is 13.4 Å². The molecule has 0 radical (unpaired) electrons. The molecule has 0 bridgehead atoms. The van der Waals surface area contributed by atoms with Gasteiger partial charge in [0.2, 0.25) is 0 Å². The number of hydrogen-bond acceptors (Lipinski definition) is 5. The Morgan fingerprint density at radius 3 is 2.63 bits per heavy atom. The van der Waals surface area contributed by atoms with Crippen molar-refractivity contribution in [3.8, 4) is 0 Å². The zero-order valence-corrected chi connectivity index (χ0v) is 11.1. The molecule has 100 valence electrons. The van der Waals surface area contributed by atoms with Crippen molar-refractivity contribution in [3.05, 3.63) is 48.3 Å². The number of para-hydroxylation sites is 1. The summed E-state index contributed by atoms with van der Waals surface area (Å²) < 4.78 is 27.0. The SMILES string of the molecule is Cc1cncc(NS(=O)(=O)c2ccccc2NN)c1. The Balaban J connectivity index is 2.38. The van der Waals surface area contributed by atoms with Crippen molar-refractivity contribution < 1.29 is 8.42 Å². The number of nitrogen functional groups attached to an aromatic ring is 1. The third kappa shape index (κ3) is 3.01. The number of nitrogens with one attached hydrogen (secondary N) is 2. The maximum atomic E-state index is 12.3. The standard InChI is InChI=1S/C12H14N4O2S/c1-9-6-10(8-14-7-9)16-19(17,18)12-5-3-2-4-11(12)15-13/h2-8,15-16H,13H2,1H3. The van der Waals surface area contributed by atoms with Gasteiger partial charge in [0.05, 0.1) is 17.6 Å². The fraction of sp³-hybridized carbons (Fsp3) is 0.0833. The van der Waals surface area contributed by atoms with E-state index in [1.165, 1.54) is 12.3 Å². The molecule has 0 aliphatic heterocycles. The molecule has 0 amide bonds. The number of nitrogens with two attached hydrogens (primary N) is 1. The first kappa shape index (κ1) is 13.3.